The van der Waals surface area contributed by atoms with E-state index in [1.165, 1.54) is 4.88 Å². The molecule has 2 aromatic rings. The summed E-state index contributed by atoms with van der Waals surface area (Å²) in [7, 11) is -3.19. The van der Waals surface area contributed by atoms with Gasteiger partial charge in [-0.05, 0) is 44.6 Å². The van der Waals surface area contributed by atoms with Crippen LogP contribution in [-0.2, 0) is 34.2 Å². The van der Waals surface area contributed by atoms with Crippen molar-refractivity contribution in [1.82, 2.24) is 4.98 Å². The van der Waals surface area contributed by atoms with E-state index in [9.17, 15) is 8.42 Å². The number of aryl methyl sites for hydroxylation is 3. The van der Waals surface area contributed by atoms with Crippen LogP contribution in [0.15, 0.2) is 18.2 Å². The van der Waals surface area contributed by atoms with E-state index in [0.717, 1.165) is 46.7 Å². The Hall–Kier alpha value is -1.20. The van der Waals surface area contributed by atoms with Crippen LogP contribution in [0.3, 0.4) is 0 Å². The summed E-state index contributed by atoms with van der Waals surface area (Å²) in [6, 6.07) is 5.98. The van der Waals surface area contributed by atoms with Gasteiger partial charge in [0.1, 0.15) is 10.8 Å². The molecule has 0 aliphatic heterocycles. The van der Waals surface area contributed by atoms with Gasteiger partial charge in [-0.15, -0.1) is 11.3 Å². The smallest absolute Gasteiger partial charge is 0.160 e. The van der Waals surface area contributed by atoms with Gasteiger partial charge in [-0.25, -0.2) is 13.4 Å². The minimum Gasteiger partial charge on any atom is -0.245 e. The van der Waals surface area contributed by atoms with Crippen LogP contribution < -0.4 is 0 Å². The molecule has 1 aliphatic carbocycles. The minimum absolute atomic E-state index is 0.0615. The molecule has 5 heteroatoms. The molecule has 1 aromatic heterocycles. The van der Waals surface area contributed by atoms with Crippen molar-refractivity contribution in [3.05, 3.63) is 50.5 Å². The molecule has 0 saturated heterocycles. The Labute approximate surface area is 142 Å². The average molecular weight is 350 g/mol. The molecule has 0 radical (unpaired) electrons. The fraction of sp³-hybridized carbons (Fsp3) is 0.500. The molecule has 3 nitrogen and oxygen atoms in total. The van der Waals surface area contributed by atoms with E-state index in [-0.39, 0.29) is 11.5 Å². The zero-order valence-corrected chi connectivity index (χ0v) is 15.6. The zero-order valence-electron chi connectivity index (χ0n) is 13.9. The van der Waals surface area contributed by atoms with E-state index in [1.54, 1.807) is 11.3 Å². The number of rotatable bonds is 4. The van der Waals surface area contributed by atoms with E-state index in [0.29, 0.717) is 5.92 Å². The molecule has 0 saturated carbocycles. The van der Waals surface area contributed by atoms with Gasteiger partial charge in [0.05, 0.1) is 11.4 Å². The summed E-state index contributed by atoms with van der Waals surface area (Å²) < 4.78 is 25.1. The number of hydrogen-bond acceptors (Lipinski definition) is 4. The van der Waals surface area contributed by atoms with Crippen LogP contribution >= 0.6 is 11.3 Å². The highest BCUT2D eigenvalue weighted by molar-refractivity contribution is 7.89. The number of thiazole rings is 1. The molecule has 0 amide bonds. The number of sulfone groups is 1. The molecule has 1 aromatic carbocycles. The lowest BCUT2D eigenvalue weighted by molar-refractivity contribution is 0.501. The first-order chi connectivity index (χ1) is 10.8. The van der Waals surface area contributed by atoms with Gasteiger partial charge in [-0.2, -0.15) is 0 Å². The zero-order chi connectivity index (χ0) is 16.6. The summed E-state index contributed by atoms with van der Waals surface area (Å²) in [6.45, 7) is 6.25. The van der Waals surface area contributed by atoms with E-state index in [4.69, 9.17) is 0 Å². The molecule has 3 rings (SSSR count). The van der Waals surface area contributed by atoms with Gasteiger partial charge in [-0.3, -0.25) is 0 Å². The highest BCUT2D eigenvalue weighted by Gasteiger charge is 2.22. The third-order valence-electron chi connectivity index (χ3n) is 4.24. The molecule has 1 unspecified atom stereocenters. The standard InChI is InChI=1S/C18H23NO2S2/c1-12-4-5-16-17(9-12)22-18(19-16)11-23(20,21)10-15-7-13(2)6-14(3)8-15/h6-8,12H,4-5,9-11H2,1-3H3. The number of fused-ring (bicyclic) bond motifs is 1. The first-order valence-electron chi connectivity index (χ1n) is 8.06. The SMILES string of the molecule is Cc1cc(C)cc(CS(=O)(=O)Cc2nc3c(s2)CC(C)CC3)c1. The predicted octanol–water partition coefficient (Wildman–Crippen LogP) is 4.00. The highest BCUT2D eigenvalue weighted by atomic mass is 32.2. The Morgan fingerprint density at radius 1 is 1.17 bits per heavy atom. The molecule has 1 heterocycles. The lowest BCUT2D eigenvalue weighted by atomic mass is 9.93. The van der Waals surface area contributed by atoms with Crippen molar-refractivity contribution >= 4 is 21.2 Å². The Kier molecular flexibility index (Phi) is 4.61. The third kappa shape index (κ3) is 4.21. The summed E-state index contributed by atoms with van der Waals surface area (Å²) in [5, 5.41) is 0.758. The summed E-state index contributed by atoms with van der Waals surface area (Å²) in [4.78, 5) is 5.88. The molecule has 23 heavy (non-hydrogen) atoms. The van der Waals surface area contributed by atoms with Crippen LogP contribution in [0.5, 0.6) is 0 Å². The van der Waals surface area contributed by atoms with Crippen LogP contribution in [0.4, 0.5) is 0 Å². The average Bonchev–Trinajstić information content (AvgIpc) is 2.76. The Balaban J connectivity index is 1.76. The number of aromatic nitrogens is 1. The second kappa shape index (κ2) is 6.36. The Morgan fingerprint density at radius 3 is 2.57 bits per heavy atom. The number of benzene rings is 1. The summed E-state index contributed by atoms with van der Waals surface area (Å²) >= 11 is 1.59. The molecule has 1 aliphatic rings. The van der Waals surface area contributed by atoms with Crippen LogP contribution in [0.1, 0.15) is 45.6 Å². The van der Waals surface area contributed by atoms with Crippen molar-refractivity contribution in [2.24, 2.45) is 5.92 Å². The van der Waals surface area contributed by atoms with Crippen LogP contribution in [-0.4, -0.2) is 13.4 Å². The van der Waals surface area contributed by atoms with E-state index in [1.807, 2.05) is 26.0 Å². The first-order valence-corrected chi connectivity index (χ1v) is 10.7. The lowest BCUT2D eigenvalue weighted by Crippen LogP contribution is -2.09. The van der Waals surface area contributed by atoms with Gasteiger partial charge in [0.2, 0.25) is 0 Å². The number of nitrogens with zero attached hydrogens (tertiary/aromatic N) is 1. The molecular formula is C18H23NO2S2. The maximum absolute atomic E-state index is 12.5. The second-order valence-electron chi connectivity index (χ2n) is 6.85. The van der Waals surface area contributed by atoms with Crippen LogP contribution in [0.25, 0.3) is 0 Å². The maximum atomic E-state index is 12.5. The molecule has 0 fully saturated rings. The molecule has 0 spiro atoms. The first kappa shape index (κ1) is 16.7. The molecule has 0 N–H and O–H groups in total. The fourth-order valence-electron chi connectivity index (χ4n) is 3.30. The summed E-state index contributed by atoms with van der Waals surface area (Å²) in [6.07, 6.45) is 3.19. The van der Waals surface area contributed by atoms with Gasteiger partial charge in [0, 0.05) is 4.88 Å². The summed E-state index contributed by atoms with van der Waals surface area (Å²) in [5.41, 5.74) is 4.21. The molecule has 1 atom stereocenters. The van der Waals surface area contributed by atoms with E-state index >= 15 is 0 Å². The van der Waals surface area contributed by atoms with Crippen molar-refractivity contribution in [3.8, 4) is 0 Å². The third-order valence-corrected chi connectivity index (χ3v) is 7.03. The van der Waals surface area contributed by atoms with Gasteiger partial charge in [-0.1, -0.05) is 36.2 Å². The van der Waals surface area contributed by atoms with E-state index < -0.39 is 9.84 Å². The van der Waals surface area contributed by atoms with Crippen molar-refractivity contribution in [1.29, 1.82) is 0 Å². The van der Waals surface area contributed by atoms with Crippen molar-refractivity contribution < 1.29 is 8.42 Å². The Morgan fingerprint density at radius 2 is 1.87 bits per heavy atom. The normalized spacial score (nSPS) is 18.0. The monoisotopic (exact) mass is 349 g/mol. The lowest BCUT2D eigenvalue weighted by Gasteiger charge is -2.15. The van der Waals surface area contributed by atoms with Crippen molar-refractivity contribution in [2.75, 3.05) is 0 Å². The molecule has 0 bridgehead atoms. The van der Waals surface area contributed by atoms with Gasteiger partial charge >= 0.3 is 0 Å². The van der Waals surface area contributed by atoms with Crippen LogP contribution in [0.2, 0.25) is 0 Å². The van der Waals surface area contributed by atoms with Crippen LogP contribution in [0, 0.1) is 19.8 Å². The van der Waals surface area contributed by atoms with Gasteiger partial charge in [0.15, 0.2) is 9.84 Å². The highest BCUT2D eigenvalue weighted by Crippen LogP contribution is 2.30. The number of hydrogen-bond donors (Lipinski definition) is 0. The van der Waals surface area contributed by atoms with Crippen molar-refractivity contribution in [2.45, 2.75) is 51.5 Å². The quantitative estimate of drug-likeness (QED) is 0.838. The minimum atomic E-state index is -3.19. The van der Waals surface area contributed by atoms with Crippen molar-refractivity contribution in [3.63, 3.8) is 0 Å². The van der Waals surface area contributed by atoms with E-state index in [2.05, 4.69) is 18.0 Å². The second-order valence-corrected chi connectivity index (χ2v) is 10.1. The predicted molar refractivity (Wildman–Crippen MR) is 95.5 cm³/mol. The fourth-order valence-corrected chi connectivity index (χ4v) is 6.37. The topological polar surface area (TPSA) is 47.0 Å². The summed E-state index contributed by atoms with van der Waals surface area (Å²) in [5.74, 6) is 0.838. The Bertz CT molecular complexity index is 801. The largest absolute Gasteiger partial charge is 0.245 e. The molecular weight excluding hydrogens is 326 g/mol. The van der Waals surface area contributed by atoms with Gasteiger partial charge in [0.25, 0.3) is 0 Å². The maximum Gasteiger partial charge on any atom is 0.160 e. The molecule has 124 valence electrons. The van der Waals surface area contributed by atoms with Gasteiger partial charge < -0.3 is 0 Å².